The van der Waals surface area contributed by atoms with E-state index in [0.29, 0.717) is 5.69 Å². The predicted molar refractivity (Wildman–Crippen MR) is 55.0 cm³/mol. The number of H-pyrrole nitrogens is 1. The predicted octanol–water partition coefficient (Wildman–Crippen LogP) is 2.25. The number of imidazole rings is 1. The summed E-state index contributed by atoms with van der Waals surface area (Å²) in [5.74, 6) is 1.68. The summed E-state index contributed by atoms with van der Waals surface area (Å²) in [6.45, 7) is 6.46. The van der Waals surface area contributed by atoms with Gasteiger partial charge in [-0.05, 0) is 0 Å². The Morgan fingerprint density at radius 2 is 2.31 bits per heavy atom. The van der Waals surface area contributed by atoms with E-state index in [1.54, 1.807) is 18.0 Å². The second kappa shape index (κ2) is 3.96. The van der Waals surface area contributed by atoms with Gasteiger partial charge >= 0.3 is 0 Å². The minimum absolute atomic E-state index is 0.230. The Labute approximate surface area is 82.3 Å². The molecule has 0 radical (unpaired) electrons. The average Bonchev–Trinajstić information content (AvgIpc) is 2.47. The molecule has 0 aliphatic rings. The molecule has 72 valence electrons. The zero-order chi connectivity index (χ0) is 9.90. The minimum Gasteiger partial charge on any atom is -0.339 e. The highest BCUT2D eigenvalue weighted by molar-refractivity contribution is 7.99. The third kappa shape index (κ3) is 3.63. The van der Waals surface area contributed by atoms with Crippen molar-refractivity contribution < 1.29 is 4.79 Å². The van der Waals surface area contributed by atoms with Crippen LogP contribution in [0.5, 0.6) is 0 Å². The van der Waals surface area contributed by atoms with Gasteiger partial charge in [-0.25, -0.2) is 4.98 Å². The largest absolute Gasteiger partial charge is 0.339 e. The van der Waals surface area contributed by atoms with E-state index in [1.807, 2.05) is 0 Å². The number of nitrogens with one attached hydrogen (secondary N) is 1. The second-order valence-corrected chi connectivity index (χ2v) is 5.61. The van der Waals surface area contributed by atoms with Crippen LogP contribution in [0.4, 0.5) is 0 Å². The molecular formula is C9H14N2OS. The number of carbonyl (C=O) groups is 1. The third-order valence-corrected chi connectivity index (χ3v) is 2.70. The van der Waals surface area contributed by atoms with Gasteiger partial charge in [0.15, 0.2) is 6.29 Å². The molecule has 0 fully saturated rings. The van der Waals surface area contributed by atoms with Crippen molar-refractivity contribution in [2.75, 3.05) is 0 Å². The van der Waals surface area contributed by atoms with Crippen molar-refractivity contribution >= 4 is 18.0 Å². The normalized spacial score (nSPS) is 11.6. The second-order valence-electron chi connectivity index (χ2n) is 3.80. The van der Waals surface area contributed by atoms with Crippen LogP contribution in [0.3, 0.4) is 0 Å². The maximum atomic E-state index is 10.3. The zero-order valence-corrected chi connectivity index (χ0v) is 8.94. The van der Waals surface area contributed by atoms with Gasteiger partial charge in [0.25, 0.3) is 0 Å². The molecule has 1 rings (SSSR count). The first-order valence-corrected chi connectivity index (χ1v) is 5.13. The first-order chi connectivity index (χ1) is 6.01. The molecule has 1 N–H and O–H groups in total. The van der Waals surface area contributed by atoms with E-state index in [1.165, 1.54) is 0 Å². The average molecular weight is 198 g/mol. The van der Waals surface area contributed by atoms with Crippen molar-refractivity contribution in [3.63, 3.8) is 0 Å². The summed E-state index contributed by atoms with van der Waals surface area (Å²) >= 11 is 1.80. The Bertz CT molecular complexity index is 288. The number of rotatable bonds is 3. The molecule has 0 aliphatic heterocycles. The fourth-order valence-corrected chi connectivity index (χ4v) is 1.51. The number of carbonyl (C=O) groups excluding carboxylic acids is 1. The van der Waals surface area contributed by atoms with Crippen LogP contribution < -0.4 is 0 Å². The fourth-order valence-electron chi connectivity index (χ4n) is 0.797. The molecule has 13 heavy (non-hydrogen) atoms. The SMILES string of the molecule is CC(C)(C)SCc1ncc(C=O)[nH]1. The van der Waals surface area contributed by atoms with Crippen molar-refractivity contribution in [1.82, 2.24) is 9.97 Å². The third-order valence-electron chi connectivity index (χ3n) is 1.42. The summed E-state index contributed by atoms with van der Waals surface area (Å²) in [5, 5.41) is 0. The first kappa shape index (κ1) is 10.3. The summed E-state index contributed by atoms with van der Waals surface area (Å²) in [6.07, 6.45) is 2.34. The highest BCUT2D eigenvalue weighted by atomic mass is 32.2. The van der Waals surface area contributed by atoms with Crippen molar-refractivity contribution in [3.05, 3.63) is 17.7 Å². The number of aromatic amines is 1. The van der Waals surface area contributed by atoms with Gasteiger partial charge in [-0.15, -0.1) is 11.8 Å². The molecule has 0 unspecified atom stereocenters. The molecule has 0 saturated heterocycles. The number of thioether (sulfide) groups is 1. The summed E-state index contributed by atoms with van der Waals surface area (Å²) in [7, 11) is 0. The van der Waals surface area contributed by atoms with E-state index in [-0.39, 0.29) is 4.75 Å². The lowest BCUT2D eigenvalue weighted by atomic mass is 10.3. The number of hydrogen-bond donors (Lipinski definition) is 1. The van der Waals surface area contributed by atoms with Crippen LogP contribution in [-0.2, 0) is 5.75 Å². The smallest absolute Gasteiger partial charge is 0.167 e. The van der Waals surface area contributed by atoms with E-state index in [4.69, 9.17) is 0 Å². The molecule has 0 amide bonds. The fraction of sp³-hybridized carbons (Fsp3) is 0.556. The van der Waals surface area contributed by atoms with Crippen LogP contribution in [-0.4, -0.2) is 21.0 Å². The number of aldehydes is 1. The first-order valence-electron chi connectivity index (χ1n) is 4.14. The van der Waals surface area contributed by atoms with Crippen molar-refractivity contribution in [3.8, 4) is 0 Å². The topological polar surface area (TPSA) is 45.8 Å². The molecule has 0 aromatic carbocycles. The van der Waals surface area contributed by atoms with Gasteiger partial charge in [0.1, 0.15) is 5.82 Å². The highest BCUT2D eigenvalue weighted by Crippen LogP contribution is 2.25. The Kier molecular flexibility index (Phi) is 3.14. The van der Waals surface area contributed by atoms with Gasteiger partial charge in [0.2, 0.25) is 0 Å². The van der Waals surface area contributed by atoms with Crippen LogP contribution >= 0.6 is 11.8 Å². The molecule has 0 aliphatic carbocycles. The minimum atomic E-state index is 0.230. The van der Waals surface area contributed by atoms with Crippen LogP contribution in [0.2, 0.25) is 0 Å². The maximum absolute atomic E-state index is 10.3. The molecule has 0 saturated carbocycles. The molecule has 1 aromatic rings. The van der Waals surface area contributed by atoms with Gasteiger partial charge < -0.3 is 4.98 Å². The summed E-state index contributed by atoms with van der Waals surface area (Å²) in [5.41, 5.74) is 0.546. The Morgan fingerprint density at radius 3 is 2.77 bits per heavy atom. The molecule has 1 heterocycles. The zero-order valence-electron chi connectivity index (χ0n) is 8.13. The van der Waals surface area contributed by atoms with Gasteiger partial charge in [0.05, 0.1) is 17.6 Å². The van der Waals surface area contributed by atoms with E-state index in [9.17, 15) is 4.79 Å². The van der Waals surface area contributed by atoms with E-state index >= 15 is 0 Å². The molecule has 0 spiro atoms. The lowest BCUT2D eigenvalue weighted by molar-refractivity contribution is 0.111. The Morgan fingerprint density at radius 1 is 1.62 bits per heavy atom. The number of hydrogen-bond acceptors (Lipinski definition) is 3. The Balaban J connectivity index is 2.50. The van der Waals surface area contributed by atoms with Crippen LogP contribution in [0, 0.1) is 0 Å². The monoisotopic (exact) mass is 198 g/mol. The summed E-state index contributed by atoms with van der Waals surface area (Å²) < 4.78 is 0.230. The van der Waals surface area contributed by atoms with Crippen molar-refractivity contribution in [2.24, 2.45) is 0 Å². The van der Waals surface area contributed by atoms with Crippen molar-refractivity contribution in [2.45, 2.75) is 31.3 Å². The number of aromatic nitrogens is 2. The standard InChI is InChI=1S/C9H14N2OS/c1-9(2,3)13-6-8-10-4-7(5-12)11-8/h4-5H,6H2,1-3H3,(H,10,11). The van der Waals surface area contributed by atoms with Crippen LogP contribution in [0.25, 0.3) is 0 Å². The van der Waals surface area contributed by atoms with E-state index < -0.39 is 0 Å². The van der Waals surface area contributed by atoms with Crippen LogP contribution in [0.1, 0.15) is 37.1 Å². The quantitative estimate of drug-likeness (QED) is 0.758. The van der Waals surface area contributed by atoms with Gasteiger partial charge in [0, 0.05) is 4.75 Å². The Hall–Kier alpha value is -0.770. The van der Waals surface area contributed by atoms with E-state index in [2.05, 4.69) is 30.7 Å². The molecule has 1 aromatic heterocycles. The van der Waals surface area contributed by atoms with Gasteiger partial charge in [-0.3, -0.25) is 4.79 Å². The van der Waals surface area contributed by atoms with E-state index in [0.717, 1.165) is 17.9 Å². The maximum Gasteiger partial charge on any atom is 0.167 e. The van der Waals surface area contributed by atoms with Gasteiger partial charge in [-0.1, -0.05) is 20.8 Å². The lowest BCUT2D eigenvalue weighted by Crippen LogP contribution is -2.07. The molecular weight excluding hydrogens is 184 g/mol. The molecule has 4 heteroatoms. The number of nitrogens with zero attached hydrogens (tertiary/aromatic N) is 1. The van der Waals surface area contributed by atoms with Crippen LogP contribution in [0.15, 0.2) is 6.20 Å². The molecule has 0 bridgehead atoms. The summed E-state index contributed by atoms with van der Waals surface area (Å²) in [4.78, 5) is 17.4. The summed E-state index contributed by atoms with van der Waals surface area (Å²) in [6, 6.07) is 0. The van der Waals surface area contributed by atoms with Crippen molar-refractivity contribution in [1.29, 1.82) is 0 Å². The molecule has 3 nitrogen and oxygen atoms in total. The molecule has 0 atom stereocenters. The lowest BCUT2D eigenvalue weighted by Gasteiger charge is -2.16. The highest BCUT2D eigenvalue weighted by Gasteiger charge is 2.11. The van der Waals surface area contributed by atoms with Gasteiger partial charge in [-0.2, -0.15) is 0 Å².